The largest absolute Gasteiger partial charge is 0.463 e. The van der Waals surface area contributed by atoms with Crippen LogP contribution in [0.3, 0.4) is 0 Å². The van der Waals surface area contributed by atoms with Crippen molar-refractivity contribution in [2.45, 2.75) is 0 Å². The van der Waals surface area contributed by atoms with Crippen molar-refractivity contribution < 1.29 is 28.5 Å². The fraction of sp³-hybridized carbons (Fsp3) is 0.917. The molecule has 0 aliphatic carbocycles. The molecule has 1 heterocycles. The number of carbonyl (C=O) groups is 1. The van der Waals surface area contributed by atoms with Crippen molar-refractivity contribution in [3.8, 4) is 0 Å². The lowest BCUT2D eigenvalue weighted by molar-refractivity contribution is -0.142. The molecule has 0 amide bonds. The first-order valence-electron chi connectivity index (χ1n) is 6.44. The smallest absolute Gasteiger partial charge is 0.315 e. The Kier molecular flexibility index (Phi) is 11.2. The summed E-state index contributed by atoms with van der Waals surface area (Å²) in [6.45, 7) is 4.56. The number of esters is 1. The Morgan fingerprint density at radius 2 is 1.16 bits per heavy atom. The summed E-state index contributed by atoms with van der Waals surface area (Å²) in [5.41, 5.74) is 0. The zero-order valence-corrected chi connectivity index (χ0v) is 12.0. The highest BCUT2D eigenvalue weighted by atomic mass is 32.2. The molecule has 0 radical (unpaired) electrons. The van der Waals surface area contributed by atoms with Gasteiger partial charge in [0.05, 0.1) is 58.6 Å². The van der Waals surface area contributed by atoms with Gasteiger partial charge in [0.2, 0.25) is 0 Å². The highest BCUT2D eigenvalue weighted by molar-refractivity contribution is 7.99. The first kappa shape index (κ1) is 16.7. The van der Waals surface area contributed by atoms with E-state index in [2.05, 4.69) is 0 Å². The third-order valence-corrected chi connectivity index (χ3v) is 3.09. The average Bonchev–Trinajstić information content (AvgIpc) is 2.41. The molecule has 1 saturated heterocycles. The molecule has 0 bridgehead atoms. The van der Waals surface area contributed by atoms with Crippen LogP contribution in [0.4, 0.5) is 0 Å². The average molecular weight is 294 g/mol. The van der Waals surface area contributed by atoms with Crippen molar-refractivity contribution in [1.29, 1.82) is 0 Å². The fourth-order valence-corrected chi connectivity index (χ4v) is 1.92. The van der Waals surface area contributed by atoms with Crippen LogP contribution in [0.25, 0.3) is 0 Å². The number of ether oxygens (including phenoxy) is 5. The Balaban J connectivity index is 2.10. The molecule has 19 heavy (non-hydrogen) atoms. The van der Waals surface area contributed by atoms with E-state index in [1.807, 2.05) is 0 Å². The molecule has 1 rings (SSSR count). The minimum Gasteiger partial charge on any atom is -0.463 e. The second kappa shape index (κ2) is 12.7. The van der Waals surface area contributed by atoms with Crippen LogP contribution in [0.1, 0.15) is 0 Å². The van der Waals surface area contributed by atoms with Crippen LogP contribution in [0, 0.1) is 0 Å². The fourth-order valence-electron chi connectivity index (χ4n) is 1.29. The van der Waals surface area contributed by atoms with E-state index in [1.54, 1.807) is 0 Å². The number of hydrogen-bond acceptors (Lipinski definition) is 7. The van der Waals surface area contributed by atoms with Crippen molar-refractivity contribution in [2.75, 3.05) is 71.0 Å². The lowest BCUT2D eigenvalue weighted by Gasteiger charge is -2.09. The number of thioether (sulfide) groups is 1. The van der Waals surface area contributed by atoms with Crippen LogP contribution in [0.15, 0.2) is 0 Å². The lowest BCUT2D eigenvalue weighted by atomic mass is 10.7. The SMILES string of the molecule is O=C1CSCCOCCOCCOCCOCCO1. The topological polar surface area (TPSA) is 63.2 Å². The molecule has 0 aromatic rings. The second-order valence-corrected chi connectivity index (χ2v) is 4.83. The Morgan fingerprint density at radius 3 is 1.74 bits per heavy atom. The van der Waals surface area contributed by atoms with Crippen molar-refractivity contribution in [2.24, 2.45) is 0 Å². The van der Waals surface area contributed by atoms with E-state index in [-0.39, 0.29) is 5.97 Å². The maximum atomic E-state index is 11.3. The van der Waals surface area contributed by atoms with Gasteiger partial charge in [-0.1, -0.05) is 0 Å². The van der Waals surface area contributed by atoms with E-state index in [4.69, 9.17) is 23.7 Å². The number of rotatable bonds is 0. The third kappa shape index (κ3) is 11.2. The van der Waals surface area contributed by atoms with Gasteiger partial charge in [0.15, 0.2) is 0 Å². The Morgan fingerprint density at radius 1 is 0.684 bits per heavy atom. The molecule has 6 nitrogen and oxygen atoms in total. The Bertz CT molecular complexity index is 206. The van der Waals surface area contributed by atoms with Crippen LogP contribution >= 0.6 is 11.8 Å². The van der Waals surface area contributed by atoms with Crippen molar-refractivity contribution in [3.63, 3.8) is 0 Å². The molecule has 0 unspecified atom stereocenters. The minimum absolute atomic E-state index is 0.214. The minimum atomic E-state index is -0.214. The maximum absolute atomic E-state index is 11.3. The van der Waals surface area contributed by atoms with Crippen LogP contribution < -0.4 is 0 Å². The summed E-state index contributed by atoms with van der Waals surface area (Å²) >= 11 is 1.50. The first-order valence-corrected chi connectivity index (χ1v) is 7.59. The summed E-state index contributed by atoms with van der Waals surface area (Å²) in [6.07, 6.45) is 0. The molecular weight excluding hydrogens is 272 g/mol. The summed E-state index contributed by atoms with van der Waals surface area (Å²) in [6, 6.07) is 0. The van der Waals surface area contributed by atoms with E-state index in [9.17, 15) is 4.79 Å². The van der Waals surface area contributed by atoms with Gasteiger partial charge in [0.25, 0.3) is 0 Å². The van der Waals surface area contributed by atoms with Crippen LogP contribution in [-0.4, -0.2) is 76.9 Å². The van der Waals surface area contributed by atoms with E-state index in [0.717, 1.165) is 5.75 Å². The van der Waals surface area contributed by atoms with Gasteiger partial charge in [-0.3, -0.25) is 4.79 Å². The molecule has 112 valence electrons. The van der Waals surface area contributed by atoms with Gasteiger partial charge in [-0.05, 0) is 0 Å². The first-order chi connectivity index (χ1) is 9.39. The summed E-state index contributed by atoms with van der Waals surface area (Å²) in [7, 11) is 0. The van der Waals surface area contributed by atoms with Crippen LogP contribution in [0.5, 0.6) is 0 Å². The predicted molar refractivity (Wildman–Crippen MR) is 71.6 cm³/mol. The standard InChI is InChI=1S/C12H22O6S/c13-12-11-19-10-9-17-6-5-15-2-1-14-3-4-16-7-8-18-12/h1-11H2. The molecule has 1 aliphatic rings. The Hall–Kier alpha value is -0.340. The van der Waals surface area contributed by atoms with Crippen molar-refractivity contribution >= 4 is 17.7 Å². The molecule has 0 aromatic carbocycles. The van der Waals surface area contributed by atoms with Crippen molar-refractivity contribution in [1.82, 2.24) is 0 Å². The van der Waals surface area contributed by atoms with E-state index < -0.39 is 0 Å². The second-order valence-electron chi connectivity index (χ2n) is 3.72. The van der Waals surface area contributed by atoms with Crippen LogP contribution in [0.2, 0.25) is 0 Å². The molecule has 0 saturated carbocycles. The third-order valence-electron chi connectivity index (χ3n) is 2.20. The van der Waals surface area contributed by atoms with E-state index in [0.29, 0.717) is 65.2 Å². The van der Waals surface area contributed by atoms with E-state index >= 15 is 0 Å². The summed E-state index contributed by atoms with van der Waals surface area (Å²) < 4.78 is 26.2. The molecule has 7 heteroatoms. The predicted octanol–water partition coefficient (Wildman–Crippen LogP) is 0.343. The van der Waals surface area contributed by atoms with Gasteiger partial charge in [-0.25, -0.2) is 0 Å². The normalized spacial score (nSPS) is 23.1. The zero-order chi connectivity index (χ0) is 13.6. The van der Waals surface area contributed by atoms with Gasteiger partial charge < -0.3 is 23.7 Å². The number of carbonyl (C=O) groups excluding carboxylic acids is 1. The summed E-state index contributed by atoms with van der Waals surface area (Å²) in [5.74, 6) is 0.909. The van der Waals surface area contributed by atoms with Gasteiger partial charge in [0, 0.05) is 5.75 Å². The molecule has 0 aromatic heterocycles. The molecule has 0 N–H and O–H groups in total. The van der Waals surface area contributed by atoms with E-state index in [1.165, 1.54) is 11.8 Å². The summed E-state index contributed by atoms with van der Waals surface area (Å²) in [4.78, 5) is 11.3. The molecule has 1 fully saturated rings. The van der Waals surface area contributed by atoms with Gasteiger partial charge in [-0.15, -0.1) is 11.8 Å². The molecular formula is C12H22O6S. The van der Waals surface area contributed by atoms with Crippen LogP contribution in [-0.2, 0) is 28.5 Å². The molecule has 1 aliphatic heterocycles. The Labute approximate surface area is 118 Å². The quantitative estimate of drug-likeness (QED) is 0.597. The van der Waals surface area contributed by atoms with Gasteiger partial charge >= 0.3 is 5.97 Å². The highest BCUT2D eigenvalue weighted by Gasteiger charge is 2.03. The highest BCUT2D eigenvalue weighted by Crippen LogP contribution is 2.00. The van der Waals surface area contributed by atoms with Gasteiger partial charge in [-0.2, -0.15) is 0 Å². The summed E-state index contributed by atoms with van der Waals surface area (Å²) in [5, 5.41) is 0. The van der Waals surface area contributed by atoms with Crippen molar-refractivity contribution in [3.05, 3.63) is 0 Å². The molecule has 0 atom stereocenters. The molecule has 0 spiro atoms. The lowest BCUT2D eigenvalue weighted by Crippen LogP contribution is -2.16. The monoisotopic (exact) mass is 294 g/mol. The van der Waals surface area contributed by atoms with Gasteiger partial charge in [0.1, 0.15) is 6.61 Å². The zero-order valence-electron chi connectivity index (χ0n) is 11.1. The number of cyclic esters (lactones) is 1. The number of hydrogen-bond donors (Lipinski definition) is 0. The maximum Gasteiger partial charge on any atom is 0.315 e.